The van der Waals surface area contributed by atoms with Crippen molar-refractivity contribution in [3.05, 3.63) is 74.4 Å². The van der Waals surface area contributed by atoms with E-state index in [2.05, 4.69) is 16.0 Å². The first-order valence-corrected chi connectivity index (χ1v) is 8.01. The molecular weight excluding hydrogens is 342 g/mol. The number of hydrogen-bond donors (Lipinski definition) is 1. The third-order valence-electron chi connectivity index (χ3n) is 4.20. The number of nitrogens with one attached hydrogen (secondary N) is 1. The van der Waals surface area contributed by atoms with Gasteiger partial charge in [-0.15, -0.1) is 0 Å². The van der Waals surface area contributed by atoms with Crippen molar-refractivity contribution in [3.8, 4) is 0 Å². The monoisotopic (exact) mass is 357 g/mol. The van der Waals surface area contributed by atoms with E-state index in [0.717, 1.165) is 22.2 Å². The number of nitrogens with zero attached hydrogens (tertiary/aromatic N) is 2. The lowest BCUT2D eigenvalue weighted by Gasteiger charge is -2.07. The van der Waals surface area contributed by atoms with Crippen molar-refractivity contribution in [1.82, 2.24) is 9.88 Å². The van der Waals surface area contributed by atoms with E-state index in [9.17, 15) is 14.9 Å². The smallest absolute Gasteiger partial charge is 0.288 e. The van der Waals surface area contributed by atoms with Crippen LogP contribution in [0, 0.1) is 17.0 Å². The van der Waals surface area contributed by atoms with Crippen LogP contribution in [0.1, 0.15) is 21.6 Å². The zero-order valence-electron chi connectivity index (χ0n) is 13.7. The molecule has 7 heteroatoms. The van der Waals surface area contributed by atoms with Gasteiger partial charge in [-0.3, -0.25) is 14.9 Å². The van der Waals surface area contributed by atoms with Gasteiger partial charge in [0, 0.05) is 41.8 Å². The minimum absolute atomic E-state index is 0.00597. The average molecular weight is 358 g/mol. The lowest BCUT2D eigenvalue weighted by atomic mass is 10.1. The third kappa shape index (κ3) is 3.34. The molecule has 0 aliphatic heterocycles. The van der Waals surface area contributed by atoms with Crippen molar-refractivity contribution in [2.45, 2.75) is 13.5 Å². The molecule has 128 valence electrons. The SMILES string of the molecule is Cc1cc2cc(CNC(=O)c3ccc(Cl)c([N+](=O)[O-])c3)ccc2n1C. The van der Waals surface area contributed by atoms with E-state index in [-0.39, 0.29) is 22.2 Å². The van der Waals surface area contributed by atoms with Crippen LogP contribution in [-0.4, -0.2) is 15.4 Å². The molecule has 1 N–H and O–H groups in total. The van der Waals surface area contributed by atoms with E-state index in [1.165, 1.54) is 18.2 Å². The summed E-state index contributed by atoms with van der Waals surface area (Å²) in [6, 6.07) is 12.1. The Bertz CT molecular complexity index is 995. The molecule has 2 aromatic carbocycles. The maximum absolute atomic E-state index is 12.2. The molecule has 0 fully saturated rings. The van der Waals surface area contributed by atoms with Crippen LogP contribution in [0.2, 0.25) is 5.02 Å². The van der Waals surface area contributed by atoms with Gasteiger partial charge in [0.25, 0.3) is 11.6 Å². The molecule has 0 aliphatic carbocycles. The first kappa shape index (κ1) is 17.0. The second-order valence-corrected chi connectivity index (χ2v) is 6.25. The number of benzene rings is 2. The summed E-state index contributed by atoms with van der Waals surface area (Å²) in [5, 5.41) is 14.8. The second-order valence-electron chi connectivity index (χ2n) is 5.84. The quantitative estimate of drug-likeness (QED) is 0.566. The molecule has 0 spiro atoms. The number of amides is 1. The van der Waals surface area contributed by atoms with Gasteiger partial charge in [0.15, 0.2) is 0 Å². The number of hydrogen-bond acceptors (Lipinski definition) is 3. The molecule has 3 aromatic rings. The molecule has 1 amide bonds. The van der Waals surface area contributed by atoms with E-state index in [1.54, 1.807) is 0 Å². The molecule has 0 aliphatic rings. The van der Waals surface area contributed by atoms with Gasteiger partial charge >= 0.3 is 0 Å². The fourth-order valence-electron chi connectivity index (χ4n) is 2.73. The zero-order valence-corrected chi connectivity index (χ0v) is 14.5. The van der Waals surface area contributed by atoms with E-state index in [1.807, 2.05) is 32.2 Å². The molecule has 3 rings (SSSR count). The highest BCUT2D eigenvalue weighted by atomic mass is 35.5. The summed E-state index contributed by atoms with van der Waals surface area (Å²) < 4.78 is 2.10. The lowest BCUT2D eigenvalue weighted by molar-refractivity contribution is -0.384. The van der Waals surface area contributed by atoms with Crippen LogP contribution in [0.4, 0.5) is 5.69 Å². The number of nitro groups is 1. The number of nitro benzene ring substituents is 1. The number of aromatic nitrogens is 1. The van der Waals surface area contributed by atoms with Crippen LogP contribution in [0.3, 0.4) is 0 Å². The number of aryl methyl sites for hydroxylation is 2. The molecule has 6 nitrogen and oxygen atoms in total. The maximum Gasteiger partial charge on any atom is 0.288 e. The largest absolute Gasteiger partial charge is 0.348 e. The van der Waals surface area contributed by atoms with Gasteiger partial charge in [-0.1, -0.05) is 17.7 Å². The Labute approximate surface area is 149 Å². The minimum atomic E-state index is -0.606. The molecule has 1 heterocycles. The first-order chi connectivity index (χ1) is 11.9. The van der Waals surface area contributed by atoms with Crippen molar-refractivity contribution in [1.29, 1.82) is 0 Å². The van der Waals surface area contributed by atoms with Crippen LogP contribution >= 0.6 is 11.6 Å². The summed E-state index contributed by atoms with van der Waals surface area (Å²) in [6.45, 7) is 2.37. The maximum atomic E-state index is 12.2. The molecule has 0 bridgehead atoms. The van der Waals surface area contributed by atoms with E-state index in [4.69, 9.17) is 11.6 Å². The van der Waals surface area contributed by atoms with Gasteiger partial charge in [-0.05, 0) is 42.8 Å². The Morgan fingerprint density at radius 2 is 2.00 bits per heavy atom. The Balaban J connectivity index is 1.76. The van der Waals surface area contributed by atoms with E-state index >= 15 is 0 Å². The van der Waals surface area contributed by atoms with E-state index in [0.29, 0.717) is 6.54 Å². The highest BCUT2D eigenvalue weighted by Crippen LogP contribution is 2.25. The second kappa shape index (κ2) is 6.57. The summed E-state index contributed by atoms with van der Waals surface area (Å²) in [7, 11) is 2.01. The first-order valence-electron chi connectivity index (χ1n) is 7.64. The van der Waals surface area contributed by atoms with Crippen LogP contribution in [-0.2, 0) is 13.6 Å². The van der Waals surface area contributed by atoms with Crippen LogP contribution < -0.4 is 5.32 Å². The zero-order chi connectivity index (χ0) is 18.1. The van der Waals surface area contributed by atoms with Crippen molar-refractivity contribution in [3.63, 3.8) is 0 Å². The number of carbonyl (C=O) groups is 1. The minimum Gasteiger partial charge on any atom is -0.348 e. The number of carbonyl (C=O) groups excluding carboxylic acids is 1. The average Bonchev–Trinajstić information content (AvgIpc) is 2.86. The van der Waals surface area contributed by atoms with Gasteiger partial charge in [0.2, 0.25) is 0 Å². The predicted octanol–water partition coefficient (Wildman–Crippen LogP) is 3.98. The van der Waals surface area contributed by atoms with Crippen molar-refractivity contribution >= 4 is 34.1 Å². The summed E-state index contributed by atoms with van der Waals surface area (Å²) in [4.78, 5) is 22.6. The number of halogens is 1. The highest BCUT2D eigenvalue weighted by Gasteiger charge is 2.16. The molecule has 0 saturated heterocycles. The fraction of sp³-hybridized carbons (Fsp3) is 0.167. The Kier molecular flexibility index (Phi) is 4.46. The van der Waals surface area contributed by atoms with Gasteiger partial charge < -0.3 is 9.88 Å². The standard InChI is InChI=1S/C18H16ClN3O3/c1-11-7-14-8-12(3-6-16(14)21(11)2)10-20-18(23)13-4-5-15(19)17(9-13)22(24)25/h3-9H,10H2,1-2H3,(H,20,23). The van der Waals surface area contributed by atoms with Crippen molar-refractivity contribution < 1.29 is 9.72 Å². The highest BCUT2D eigenvalue weighted by molar-refractivity contribution is 6.32. The fourth-order valence-corrected chi connectivity index (χ4v) is 2.91. The van der Waals surface area contributed by atoms with Crippen LogP contribution in [0.5, 0.6) is 0 Å². The molecule has 0 atom stereocenters. The van der Waals surface area contributed by atoms with Crippen molar-refractivity contribution in [2.24, 2.45) is 7.05 Å². The summed E-state index contributed by atoms with van der Waals surface area (Å²) in [6.07, 6.45) is 0. The number of fused-ring (bicyclic) bond motifs is 1. The molecule has 25 heavy (non-hydrogen) atoms. The summed E-state index contributed by atoms with van der Waals surface area (Å²) in [5.41, 5.74) is 3.16. The topological polar surface area (TPSA) is 77.2 Å². The molecule has 0 unspecified atom stereocenters. The molecule has 0 radical (unpaired) electrons. The summed E-state index contributed by atoms with van der Waals surface area (Å²) >= 11 is 5.76. The number of rotatable bonds is 4. The van der Waals surface area contributed by atoms with Gasteiger partial charge in [0.05, 0.1) is 4.92 Å². The molecule has 1 aromatic heterocycles. The lowest BCUT2D eigenvalue weighted by Crippen LogP contribution is -2.22. The van der Waals surface area contributed by atoms with Crippen LogP contribution in [0.25, 0.3) is 10.9 Å². The Morgan fingerprint density at radius 3 is 2.72 bits per heavy atom. The van der Waals surface area contributed by atoms with Gasteiger partial charge in [-0.25, -0.2) is 0 Å². The Morgan fingerprint density at radius 1 is 1.24 bits per heavy atom. The van der Waals surface area contributed by atoms with Crippen molar-refractivity contribution in [2.75, 3.05) is 0 Å². The molecular formula is C18H16ClN3O3. The Hall–Kier alpha value is -2.86. The third-order valence-corrected chi connectivity index (χ3v) is 4.52. The van der Waals surface area contributed by atoms with Gasteiger partial charge in [0.1, 0.15) is 5.02 Å². The summed E-state index contributed by atoms with van der Waals surface area (Å²) in [5.74, 6) is -0.385. The van der Waals surface area contributed by atoms with E-state index < -0.39 is 4.92 Å². The predicted molar refractivity (Wildman–Crippen MR) is 96.9 cm³/mol. The molecule has 0 saturated carbocycles. The van der Waals surface area contributed by atoms with Gasteiger partial charge in [-0.2, -0.15) is 0 Å². The van der Waals surface area contributed by atoms with Crippen LogP contribution in [0.15, 0.2) is 42.5 Å². The normalized spacial score (nSPS) is 10.8.